The molecule has 0 atom stereocenters. The zero-order valence-electron chi connectivity index (χ0n) is 10.2. The van der Waals surface area contributed by atoms with Gasteiger partial charge in [-0.1, -0.05) is 0 Å². The second-order valence-corrected chi connectivity index (χ2v) is 4.71. The third-order valence-electron chi connectivity index (χ3n) is 3.40. The maximum atomic E-state index is 4.37. The van der Waals surface area contributed by atoms with Gasteiger partial charge in [0.25, 0.3) is 0 Å². The van der Waals surface area contributed by atoms with Crippen molar-refractivity contribution in [3.05, 3.63) is 35.7 Å². The van der Waals surface area contributed by atoms with Crippen molar-refractivity contribution >= 4 is 0 Å². The fourth-order valence-electron chi connectivity index (χ4n) is 2.29. The quantitative estimate of drug-likeness (QED) is 0.844. The van der Waals surface area contributed by atoms with Crippen molar-refractivity contribution in [2.45, 2.75) is 19.4 Å². The predicted molar refractivity (Wildman–Crippen MR) is 64.9 cm³/mol. The fourth-order valence-corrected chi connectivity index (χ4v) is 2.29. The Labute approximate surface area is 100 Å². The van der Waals surface area contributed by atoms with Crippen LogP contribution in [-0.4, -0.2) is 32.4 Å². The van der Waals surface area contributed by atoms with Crippen LogP contribution in [0.5, 0.6) is 0 Å². The summed E-state index contributed by atoms with van der Waals surface area (Å²) < 4.78 is 4.10. The van der Waals surface area contributed by atoms with Crippen molar-refractivity contribution in [1.29, 1.82) is 0 Å². The molecule has 1 N–H and O–H groups in total. The molecule has 1 aliphatic rings. The van der Waals surface area contributed by atoms with Crippen LogP contribution in [0.2, 0.25) is 0 Å². The predicted octanol–water partition coefficient (Wildman–Crippen LogP) is 0.660. The maximum absolute atomic E-state index is 4.37. The SMILES string of the molecule is Cc1nn(C)cc1Cn1cncc1C1CNC1. The zero-order chi connectivity index (χ0) is 11.8. The molecule has 0 aliphatic carbocycles. The van der Waals surface area contributed by atoms with Crippen LogP contribution < -0.4 is 5.32 Å². The molecule has 2 aromatic rings. The van der Waals surface area contributed by atoms with E-state index in [2.05, 4.69) is 33.1 Å². The van der Waals surface area contributed by atoms with E-state index in [0.717, 1.165) is 25.3 Å². The van der Waals surface area contributed by atoms with Crippen molar-refractivity contribution < 1.29 is 0 Å². The van der Waals surface area contributed by atoms with E-state index in [0.29, 0.717) is 5.92 Å². The minimum Gasteiger partial charge on any atom is -0.330 e. The molecule has 0 unspecified atom stereocenters. The molecule has 5 nitrogen and oxygen atoms in total. The van der Waals surface area contributed by atoms with E-state index in [1.54, 1.807) is 0 Å². The Kier molecular flexibility index (Phi) is 2.48. The Morgan fingerprint density at radius 2 is 2.29 bits per heavy atom. The van der Waals surface area contributed by atoms with Crippen LogP contribution in [0.4, 0.5) is 0 Å². The van der Waals surface area contributed by atoms with Gasteiger partial charge in [0, 0.05) is 49.7 Å². The van der Waals surface area contributed by atoms with E-state index >= 15 is 0 Å². The highest BCUT2D eigenvalue weighted by atomic mass is 15.3. The average Bonchev–Trinajstić information content (AvgIpc) is 2.74. The lowest BCUT2D eigenvalue weighted by Crippen LogP contribution is -2.40. The lowest BCUT2D eigenvalue weighted by molar-refractivity contribution is 0.427. The van der Waals surface area contributed by atoms with Crippen molar-refractivity contribution in [3.63, 3.8) is 0 Å². The molecule has 0 radical (unpaired) electrons. The summed E-state index contributed by atoms with van der Waals surface area (Å²) >= 11 is 0. The number of imidazole rings is 1. The first kappa shape index (κ1) is 10.5. The first-order valence-corrected chi connectivity index (χ1v) is 5.94. The Morgan fingerprint density at radius 3 is 2.88 bits per heavy atom. The first-order valence-electron chi connectivity index (χ1n) is 5.94. The lowest BCUT2D eigenvalue weighted by atomic mass is 10.00. The van der Waals surface area contributed by atoms with Crippen LogP contribution in [0.3, 0.4) is 0 Å². The number of aryl methyl sites for hydroxylation is 2. The molecule has 1 aliphatic heterocycles. The van der Waals surface area contributed by atoms with E-state index < -0.39 is 0 Å². The molecule has 17 heavy (non-hydrogen) atoms. The Hall–Kier alpha value is -1.62. The molecular weight excluding hydrogens is 214 g/mol. The lowest BCUT2D eigenvalue weighted by Gasteiger charge is -2.27. The van der Waals surface area contributed by atoms with Crippen LogP contribution in [0.1, 0.15) is 22.9 Å². The second-order valence-electron chi connectivity index (χ2n) is 4.71. The van der Waals surface area contributed by atoms with E-state index in [9.17, 15) is 0 Å². The molecule has 90 valence electrons. The van der Waals surface area contributed by atoms with Crippen LogP contribution in [0, 0.1) is 6.92 Å². The van der Waals surface area contributed by atoms with Gasteiger partial charge in [-0.3, -0.25) is 4.68 Å². The van der Waals surface area contributed by atoms with Gasteiger partial charge in [0.05, 0.1) is 18.6 Å². The average molecular weight is 231 g/mol. The van der Waals surface area contributed by atoms with E-state index in [4.69, 9.17) is 0 Å². The summed E-state index contributed by atoms with van der Waals surface area (Å²) in [5, 5.41) is 7.67. The summed E-state index contributed by atoms with van der Waals surface area (Å²) in [4.78, 5) is 4.27. The van der Waals surface area contributed by atoms with E-state index in [1.165, 1.54) is 11.3 Å². The standard InChI is InChI=1S/C12H17N5/c1-9-11(6-16(2)15-9)7-17-8-14-5-12(17)10-3-13-4-10/h5-6,8,10,13H,3-4,7H2,1-2H3. The summed E-state index contributed by atoms with van der Waals surface area (Å²) in [5.41, 5.74) is 3.69. The minimum atomic E-state index is 0.620. The zero-order valence-corrected chi connectivity index (χ0v) is 10.2. The van der Waals surface area contributed by atoms with Crippen LogP contribution in [0.25, 0.3) is 0 Å². The second kappa shape index (κ2) is 4.00. The fraction of sp³-hybridized carbons (Fsp3) is 0.500. The summed E-state index contributed by atoms with van der Waals surface area (Å²) in [6, 6.07) is 0. The molecule has 0 aromatic carbocycles. The molecule has 1 fully saturated rings. The third-order valence-corrected chi connectivity index (χ3v) is 3.40. The summed E-state index contributed by atoms with van der Waals surface area (Å²) in [6.07, 6.45) is 5.98. The largest absolute Gasteiger partial charge is 0.330 e. The van der Waals surface area contributed by atoms with Gasteiger partial charge < -0.3 is 9.88 Å². The molecule has 1 saturated heterocycles. The molecule has 3 rings (SSSR count). The number of hydrogen-bond donors (Lipinski definition) is 1. The summed E-state index contributed by atoms with van der Waals surface area (Å²) in [5.74, 6) is 0.620. The highest BCUT2D eigenvalue weighted by molar-refractivity contribution is 5.19. The van der Waals surface area contributed by atoms with Crippen LogP contribution in [0.15, 0.2) is 18.7 Å². The topological polar surface area (TPSA) is 47.7 Å². The number of nitrogens with zero attached hydrogens (tertiary/aromatic N) is 4. The van der Waals surface area contributed by atoms with Gasteiger partial charge in [-0.05, 0) is 6.92 Å². The molecule has 0 amide bonds. The van der Waals surface area contributed by atoms with Crippen LogP contribution in [-0.2, 0) is 13.6 Å². The molecule has 0 spiro atoms. The number of nitrogens with one attached hydrogen (secondary N) is 1. The van der Waals surface area contributed by atoms with E-state index in [-0.39, 0.29) is 0 Å². The third kappa shape index (κ3) is 1.86. The van der Waals surface area contributed by atoms with Gasteiger partial charge in [0.2, 0.25) is 0 Å². The smallest absolute Gasteiger partial charge is 0.0951 e. The van der Waals surface area contributed by atoms with Gasteiger partial charge in [-0.15, -0.1) is 0 Å². The van der Waals surface area contributed by atoms with Crippen LogP contribution >= 0.6 is 0 Å². The van der Waals surface area contributed by atoms with Crippen molar-refractivity contribution in [3.8, 4) is 0 Å². The first-order chi connectivity index (χ1) is 8.24. The van der Waals surface area contributed by atoms with Gasteiger partial charge in [-0.2, -0.15) is 5.10 Å². The number of aromatic nitrogens is 4. The molecule has 3 heterocycles. The molecular formula is C12H17N5. The van der Waals surface area contributed by atoms with Crippen molar-refractivity contribution in [1.82, 2.24) is 24.6 Å². The summed E-state index contributed by atoms with van der Waals surface area (Å²) in [6.45, 7) is 5.05. The molecule has 5 heteroatoms. The maximum Gasteiger partial charge on any atom is 0.0951 e. The Morgan fingerprint density at radius 1 is 1.47 bits per heavy atom. The highest BCUT2D eigenvalue weighted by Crippen LogP contribution is 2.20. The monoisotopic (exact) mass is 231 g/mol. The van der Waals surface area contributed by atoms with Gasteiger partial charge in [0.15, 0.2) is 0 Å². The number of rotatable bonds is 3. The van der Waals surface area contributed by atoms with Crippen molar-refractivity contribution in [2.75, 3.05) is 13.1 Å². The minimum absolute atomic E-state index is 0.620. The summed E-state index contributed by atoms with van der Waals surface area (Å²) in [7, 11) is 1.96. The van der Waals surface area contributed by atoms with Crippen molar-refractivity contribution in [2.24, 2.45) is 7.05 Å². The van der Waals surface area contributed by atoms with E-state index in [1.807, 2.05) is 24.3 Å². The van der Waals surface area contributed by atoms with Gasteiger partial charge in [-0.25, -0.2) is 4.98 Å². The molecule has 2 aromatic heterocycles. The Bertz CT molecular complexity index is 521. The highest BCUT2D eigenvalue weighted by Gasteiger charge is 2.22. The Balaban J connectivity index is 1.85. The van der Waals surface area contributed by atoms with Gasteiger partial charge >= 0.3 is 0 Å². The number of hydrogen-bond acceptors (Lipinski definition) is 3. The van der Waals surface area contributed by atoms with Gasteiger partial charge in [0.1, 0.15) is 0 Å². The normalized spacial score (nSPS) is 16.1. The molecule has 0 bridgehead atoms. The molecule has 0 saturated carbocycles.